The van der Waals surface area contributed by atoms with E-state index < -0.39 is 49.2 Å². The maximum atomic E-state index is 13.4. The predicted molar refractivity (Wildman–Crippen MR) is 108 cm³/mol. The summed E-state index contributed by atoms with van der Waals surface area (Å²) in [5.41, 5.74) is -1.92. The van der Waals surface area contributed by atoms with Gasteiger partial charge in [-0.15, -0.1) is 4.37 Å². The standard InChI is InChI=1S/C17H20F3N5O5S2/c1-9-4-5-10(30-9)8-21-15-16(24-31(27)23-15)22-12-7-6-11(17(18,19)20)14(13(12)26)32(28,29)25(2)3/h5-7,9,26H,4,8H2,1-3H3,(H,21,23)(H,22,24). The number of hydrogen-bond donors (Lipinski definition) is 3. The zero-order valence-corrected chi connectivity index (χ0v) is 18.7. The van der Waals surface area contributed by atoms with Crippen LogP contribution in [0.25, 0.3) is 0 Å². The Balaban J connectivity index is 2.04. The first kappa shape index (κ1) is 24.0. The minimum absolute atomic E-state index is 0.00305. The SMILES string of the molecule is CC1CC=C(CN=c2[nH][s+]([O-])nc2Nc2ccc(C(F)(F)F)c(S(=O)(=O)N(C)C)c2O)O1. The van der Waals surface area contributed by atoms with Crippen LogP contribution in [0.5, 0.6) is 5.75 Å². The fourth-order valence-electron chi connectivity index (χ4n) is 2.85. The van der Waals surface area contributed by atoms with Crippen LogP contribution in [0.1, 0.15) is 18.9 Å². The first-order valence-electron chi connectivity index (χ1n) is 9.11. The third-order valence-corrected chi connectivity index (χ3v) is 7.04. The Hall–Kier alpha value is -2.62. The van der Waals surface area contributed by atoms with Gasteiger partial charge in [0, 0.05) is 24.9 Å². The van der Waals surface area contributed by atoms with Crippen LogP contribution < -0.4 is 10.8 Å². The molecule has 2 unspecified atom stereocenters. The fraction of sp³-hybridized carbons (Fsp3) is 0.412. The van der Waals surface area contributed by atoms with E-state index in [0.29, 0.717) is 22.6 Å². The number of hydrogen-bond acceptors (Lipinski definition) is 8. The van der Waals surface area contributed by atoms with Crippen molar-refractivity contribution >= 4 is 32.7 Å². The topological polar surface area (TPSA) is 143 Å². The quantitative estimate of drug-likeness (QED) is 0.413. The van der Waals surface area contributed by atoms with Crippen LogP contribution >= 0.6 is 11.1 Å². The summed E-state index contributed by atoms with van der Waals surface area (Å²) in [6, 6.07) is 1.37. The van der Waals surface area contributed by atoms with E-state index in [-0.39, 0.29) is 24.0 Å². The van der Waals surface area contributed by atoms with Crippen LogP contribution in [0.3, 0.4) is 0 Å². The highest BCUT2D eigenvalue weighted by Gasteiger charge is 2.40. The van der Waals surface area contributed by atoms with E-state index in [4.69, 9.17) is 4.74 Å². The highest BCUT2D eigenvalue weighted by Crippen LogP contribution is 2.43. The number of aromatic nitrogens is 2. The summed E-state index contributed by atoms with van der Waals surface area (Å²) in [7, 11) is -2.60. The van der Waals surface area contributed by atoms with Crippen molar-refractivity contribution in [2.75, 3.05) is 26.0 Å². The molecule has 1 aliphatic rings. The lowest BCUT2D eigenvalue weighted by Crippen LogP contribution is -2.25. The average molecular weight is 496 g/mol. The molecule has 3 N–H and O–H groups in total. The molecule has 1 aliphatic heterocycles. The third-order valence-electron chi connectivity index (χ3n) is 4.43. The molecule has 0 saturated carbocycles. The molecule has 10 nitrogen and oxygen atoms in total. The smallest absolute Gasteiger partial charge is 0.417 e. The fourth-order valence-corrected chi connectivity index (χ4v) is 4.70. The summed E-state index contributed by atoms with van der Waals surface area (Å²) >= 11 is -1.93. The molecule has 0 saturated heterocycles. The molecule has 0 aliphatic carbocycles. The van der Waals surface area contributed by atoms with Crippen molar-refractivity contribution in [1.82, 2.24) is 13.1 Å². The Labute approximate surface area is 184 Å². The second-order valence-corrected chi connectivity index (χ2v) is 10.0. The first-order chi connectivity index (χ1) is 14.8. The highest BCUT2D eigenvalue weighted by molar-refractivity contribution is 7.89. The number of ether oxygens (including phenoxy) is 1. The number of halogens is 3. The number of nitrogens with zero attached hydrogens (tertiary/aromatic N) is 3. The number of anilines is 2. The van der Waals surface area contributed by atoms with Gasteiger partial charge in [0.1, 0.15) is 10.7 Å². The van der Waals surface area contributed by atoms with Crippen LogP contribution in [0.15, 0.2) is 33.9 Å². The maximum absolute atomic E-state index is 13.4. The average Bonchev–Trinajstić information content (AvgIpc) is 3.25. The summed E-state index contributed by atoms with van der Waals surface area (Å²) in [6.45, 7) is 1.96. The van der Waals surface area contributed by atoms with Crippen LogP contribution in [-0.2, 0) is 20.9 Å². The summed E-state index contributed by atoms with van der Waals surface area (Å²) in [6.07, 6.45) is -2.49. The number of rotatable bonds is 6. The number of phenolic OH excluding ortho intramolecular Hbond substituents is 1. The van der Waals surface area contributed by atoms with Crippen molar-refractivity contribution in [3.8, 4) is 5.75 Å². The molecule has 1 aromatic heterocycles. The van der Waals surface area contributed by atoms with Gasteiger partial charge < -0.3 is 19.7 Å². The summed E-state index contributed by atoms with van der Waals surface area (Å²) in [5, 5.41) is 13.0. The van der Waals surface area contributed by atoms with E-state index in [0.717, 1.165) is 20.2 Å². The van der Waals surface area contributed by atoms with Gasteiger partial charge in [0.2, 0.25) is 21.3 Å². The van der Waals surface area contributed by atoms with Gasteiger partial charge in [-0.1, -0.05) is 0 Å². The minimum Gasteiger partial charge on any atom is -0.548 e. The summed E-state index contributed by atoms with van der Waals surface area (Å²) < 4.78 is 89.4. The molecule has 15 heteroatoms. The van der Waals surface area contributed by atoms with Gasteiger partial charge in [0.25, 0.3) is 0 Å². The molecule has 0 bridgehead atoms. The van der Waals surface area contributed by atoms with Gasteiger partial charge in [-0.05, 0) is 25.1 Å². The molecule has 0 spiro atoms. The largest absolute Gasteiger partial charge is 0.548 e. The monoisotopic (exact) mass is 495 g/mol. The Morgan fingerprint density at radius 1 is 1.44 bits per heavy atom. The van der Waals surface area contributed by atoms with Crippen LogP contribution in [0.2, 0.25) is 0 Å². The number of sulfonamides is 1. The molecule has 3 rings (SSSR count). The first-order valence-corrected chi connectivity index (χ1v) is 11.7. The van der Waals surface area contributed by atoms with Crippen molar-refractivity contribution in [2.45, 2.75) is 30.5 Å². The lowest BCUT2D eigenvalue weighted by atomic mass is 10.1. The Morgan fingerprint density at radius 3 is 2.69 bits per heavy atom. The van der Waals surface area contributed by atoms with Crippen molar-refractivity contribution in [2.24, 2.45) is 4.99 Å². The molecule has 176 valence electrons. The summed E-state index contributed by atoms with van der Waals surface area (Å²) in [5.74, 6) is -0.734. The van der Waals surface area contributed by atoms with Crippen LogP contribution in [0, 0.1) is 0 Å². The molecule has 0 fully saturated rings. The Kier molecular flexibility index (Phi) is 6.55. The molecule has 0 amide bonds. The van der Waals surface area contributed by atoms with Crippen LogP contribution in [0.4, 0.5) is 24.7 Å². The molecule has 1 aromatic carbocycles. The van der Waals surface area contributed by atoms with Crippen LogP contribution in [-0.4, -0.2) is 57.9 Å². The third kappa shape index (κ3) is 4.90. The molecule has 2 heterocycles. The van der Waals surface area contributed by atoms with Crippen molar-refractivity contribution in [1.29, 1.82) is 0 Å². The molecule has 2 atom stereocenters. The van der Waals surface area contributed by atoms with E-state index in [9.17, 15) is 31.2 Å². The van der Waals surface area contributed by atoms with Gasteiger partial charge in [0.05, 0.1) is 23.9 Å². The van der Waals surface area contributed by atoms with E-state index in [2.05, 4.69) is 19.1 Å². The molecule has 0 radical (unpaired) electrons. The number of aromatic amines is 1. The molecular weight excluding hydrogens is 475 g/mol. The lowest BCUT2D eigenvalue weighted by Gasteiger charge is -2.19. The van der Waals surface area contributed by atoms with Crippen molar-refractivity contribution < 1.29 is 36.0 Å². The van der Waals surface area contributed by atoms with Crippen molar-refractivity contribution in [3.05, 3.63) is 35.0 Å². The number of alkyl halides is 3. The van der Waals surface area contributed by atoms with E-state index in [1.807, 2.05) is 13.0 Å². The highest BCUT2D eigenvalue weighted by atomic mass is 32.2. The molecular formula is C17H20F3N5O5S2. The predicted octanol–water partition coefficient (Wildman–Crippen LogP) is 2.45. The van der Waals surface area contributed by atoms with E-state index in [1.165, 1.54) is 0 Å². The normalized spacial score (nSPS) is 18.1. The van der Waals surface area contributed by atoms with Gasteiger partial charge in [0.15, 0.2) is 16.9 Å². The number of H-pyrrole nitrogens is 1. The lowest BCUT2D eigenvalue weighted by molar-refractivity contribution is -0.140. The number of benzene rings is 1. The molecule has 2 aromatic rings. The summed E-state index contributed by atoms with van der Waals surface area (Å²) in [4.78, 5) is 2.88. The number of aromatic hydroxyl groups is 1. The number of phenols is 1. The van der Waals surface area contributed by atoms with Crippen molar-refractivity contribution in [3.63, 3.8) is 0 Å². The van der Waals surface area contributed by atoms with Gasteiger partial charge in [-0.3, -0.25) is 4.99 Å². The van der Waals surface area contributed by atoms with E-state index >= 15 is 0 Å². The van der Waals surface area contributed by atoms with E-state index in [1.54, 1.807) is 0 Å². The van der Waals surface area contributed by atoms with Gasteiger partial charge in [-0.2, -0.15) is 13.2 Å². The number of nitrogens with one attached hydrogen (secondary N) is 2. The maximum Gasteiger partial charge on any atom is 0.417 e. The zero-order valence-electron chi connectivity index (χ0n) is 17.1. The molecule has 32 heavy (non-hydrogen) atoms. The zero-order chi connectivity index (χ0) is 23.8. The Morgan fingerprint density at radius 2 is 2.12 bits per heavy atom. The van der Waals surface area contributed by atoms with Gasteiger partial charge in [-0.25, -0.2) is 12.7 Å². The Bertz CT molecular complexity index is 1220. The minimum atomic E-state index is -5.04. The second kappa shape index (κ2) is 8.73. The second-order valence-electron chi connectivity index (χ2n) is 7.04. The van der Waals surface area contributed by atoms with Gasteiger partial charge >= 0.3 is 6.18 Å².